The highest BCUT2D eigenvalue weighted by Crippen LogP contribution is 2.34. The molecule has 1 atom stereocenters. The second-order valence-corrected chi connectivity index (χ2v) is 6.41. The summed E-state index contributed by atoms with van der Waals surface area (Å²) in [6.07, 6.45) is 1.10. The molecular weight excluding hydrogens is 300 g/mol. The van der Waals surface area contributed by atoms with Gasteiger partial charge in [-0.15, -0.1) is 0 Å². The van der Waals surface area contributed by atoms with Crippen molar-refractivity contribution in [2.75, 3.05) is 5.32 Å². The summed E-state index contributed by atoms with van der Waals surface area (Å²) in [6.45, 7) is 4.02. The van der Waals surface area contributed by atoms with E-state index in [1.165, 1.54) is 16.6 Å². The van der Waals surface area contributed by atoms with Gasteiger partial charge in [-0.1, -0.05) is 35.9 Å². The lowest BCUT2D eigenvalue weighted by Gasteiger charge is -2.17. The minimum atomic E-state index is -0.405. The average molecular weight is 320 g/mol. The molecule has 2 aromatic carbocycles. The Bertz CT molecular complexity index is 927. The van der Waals surface area contributed by atoms with E-state index in [1.807, 2.05) is 44.2 Å². The van der Waals surface area contributed by atoms with E-state index in [9.17, 15) is 4.79 Å². The third-order valence-electron chi connectivity index (χ3n) is 4.62. The van der Waals surface area contributed by atoms with Gasteiger partial charge in [-0.25, -0.2) is 4.79 Å². The molecule has 4 rings (SSSR count). The predicted octanol–water partition coefficient (Wildman–Crippen LogP) is 4.95. The van der Waals surface area contributed by atoms with Crippen LogP contribution in [0.1, 0.15) is 29.5 Å². The first-order valence-electron chi connectivity index (χ1n) is 8.25. The average Bonchev–Trinajstić information content (AvgIpc) is 3.10. The number of carbonyl (C=O) groups is 1. The normalized spacial score (nSPS) is 16.2. The Morgan fingerprint density at radius 2 is 2.00 bits per heavy atom. The molecule has 0 aliphatic carbocycles. The van der Waals surface area contributed by atoms with Crippen molar-refractivity contribution in [2.24, 2.45) is 0 Å². The number of nitrogens with zero attached hydrogens (tertiary/aromatic N) is 1. The Balaban J connectivity index is 1.54. The van der Waals surface area contributed by atoms with E-state index in [2.05, 4.69) is 28.1 Å². The predicted molar refractivity (Wildman–Crippen MR) is 95.3 cm³/mol. The molecule has 0 saturated heterocycles. The maximum atomic E-state index is 12.3. The summed E-state index contributed by atoms with van der Waals surface area (Å²) in [5, 5.41) is 4.05. The van der Waals surface area contributed by atoms with Crippen molar-refractivity contribution in [3.05, 3.63) is 65.4 Å². The van der Waals surface area contributed by atoms with Gasteiger partial charge in [0, 0.05) is 17.8 Å². The molecule has 1 amide bonds. The molecule has 1 aliphatic rings. The van der Waals surface area contributed by atoms with Crippen LogP contribution < -0.4 is 5.32 Å². The molecule has 0 spiro atoms. The van der Waals surface area contributed by atoms with Crippen molar-refractivity contribution >= 4 is 22.7 Å². The quantitative estimate of drug-likeness (QED) is 0.726. The highest BCUT2D eigenvalue weighted by molar-refractivity contribution is 5.86. The van der Waals surface area contributed by atoms with E-state index in [0.29, 0.717) is 0 Å². The number of carbonyl (C=O) groups excluding carboxylic acids is 1. The van der Waals surface area contributed by atoms with Gasteiger partial charge in [0.25, 0.3) is 0 Å². The highest BCUT2D eigenvalue weighted by atomic mass is 16.6. The van der Waals surface area contributed by atoms with Crippen LogP contribution in [-0.2, 0) is 11.2 Å². The van der Waals surface area contributed by atoms with Crippen LogP contribution >= 0.6 is 0 Å². The summed E-state index contributed by atoms with van der Waals surface area (Å²) in [5.41, 5.74) is 5.34. The first kappa shape index (κ1) is 14.8. The number of aryl methyl sites for hydroxylation is 3. The first-order valence-corrected chi connectivity index (χ1v) is 8.25. The molecule has 4 heteroatoms. The van der Waals surface area contributed by atoms with Gasteiger partial charge in [0.1, 0.15) is 0 Å². The van der Waals surface area contributed by atoms with Gasteiger partial charge in [-0.05, 0) is 49.4 Å². The number of anilines is 1. The number of ether oxygens (including phenoxy) is 1. The summed E-state index contributed by atoms with van der Waals surface area (Å²) >= 11 is 0. The van der Waals surface area contributed by atoms with E-state index in [4.69, 9.17) is 4.74 Å². The van der Waals surface area contributed by atoms with E-state index >= 15 is 0 Å². The monoisotopic (exact) mass is 320 g/mol. The van der Waals surface area contributed by atoms with Crippen molar-refractivity contribution in [3.63, 3.8) is 0 Å². The molecule has 122 valence electrons. The SMILES string of the molecule is Cc1ccc(NC(=O)OC2CCc3cc4ccccc4n32)c(C)c1. The van der Waals surface area contributed by atoms with Crippen LogP contribution in [-0.4, -0.2) is 10.7 Å². The fourth-order valence-electron chi connectivity index (χ4n) is 3.49. The Morgan fingerprint density at radius 3 is 2.83 bits per heavy atom. The number of aromatic nitrogens is 1. The van der Waals surface area contributed by atoms with Gasteiger partial charge in [0.15, 0.2) is 6.23 Å². The van der Waals surface area contributed by atoms with E-state index in [-0.39, 0.29) is 6.23 Å². The number of benzene rings is 2. The first-order chi connectivity index (χ1) is 11.6. The standard InChI is InChI=1S/C20H20N2O2/c1-13-7-9-17(14(2)11-13)21-20(23)24-19-10-8-16-12-15-5-3-4-6-18(15)22(16)19/h3-7,9,11-12,19H,8,10H2,1-2H3,(H,21,23). The Kier molecular flexibility index (Phi) is 3.53. The third kappa shape index (κ3) is 2.54. The van der Waals surface area contributed by atoms with Crippen LogP contribution in [0.5, 0.6) is 0 Å². The van der Waals surface area contributed by atoms with Crippen molar-refractivity contribution in [1.29, 1.82) is 0 Å². The Morgan fingerprint density at radius 1 is 1.17 bits per heavy atom. The van der Waals surface area contributed by atoms with Gasteiger partial charge >= 0.3 is 6.09 Å². The van der Waals surface area contributed by atoms with Crippen LogP contribution in [0.25, 0.3) is 10.9 Å². The molecule has 3 aromatic rings. The largest absolute Gasteiger partial charge is 0.425 e. The fraction of sp³-hybridized carbons (Fsp3) is 0.250. The van der Waals surface area contributed by atoms with Crippen molar-refractivity contribution in [3.8, 4) is 0 Å². The van der Waals surface area contributed by atoms with Crippen molar-refractivity contribution in [1.82, 2.24) is 4.57 Å². The molecule has 1 aliphatic heterocycles. The van der Waals surface area contributed by atoms with Gasteiger partial charge in [0.05, 0.1) is 5.52 Å². The minimum Gasteiger partial charge on any atom is -0.425 e. The molecule has 0 bridgehead atoms. The number of fused-ring (bicyclic) bond motifs is 3. The molecule has 0 saturated carbocycles. The summed E-state index contributed by atoms with van der Waals surface area (Å²) in [4.78, 5) is 12.3. The second-order valence-electron chi connectivity index (χ2n) is 6.41. The smallest absolute Gasteiger partial charge is 0.413 e. The van der Waals surface area contributed by atoms with Gasteiger partial charge < -0.3 is 9.30 Å². The summed E-state index contributed by atoms with van der Waals surface area (Å²) in [6, 6.07) is 16.3. The van der Waals surface area contributed by atoms with Gasteiger partial charge in [-0.3, -0.25) is 5.32 Å². The number of rotatable bonds is 2. The van der Waals surface area contributed by atoms with Crippen molar-refractivity contribution < 1.29 is 9.53 Å². The molecule has 0 radical (unpaired) electrons. The molecule has 24 heavy (non-hydrogen) atoms. The maximum absolute atomic E-state index is 12.3. The van der Waals surface area contributed by atoms with E-state index in [1.54, 1.807) is 0 Å². The number of hydrogen-bond donors (Lipinski definition) is 1. The minimum absolute atomic E-state index is 0.245. The molecular formula is C20H20N2O2. The van der Waals surface area contributed by atoms with Crippen LogP contribution in [0.15, 0.2) is 48.5 Å². The van der Waals surface area contributed by atoms with Crippen LogP contribution in [0.2, 0.25) is 0 Å². The zero-order valence-corrected chi connectivity index (χ0v) is 13.9. The van der Waals surface area contributed by atoms with Crippen LogP contribution in [0.3, 0.4) is 0 Å². The van der Waals surface area contributed by atoms with Gasteiger partial charge in [-0.2, -0.15) is 0 Å². The number of hydrogen-bond acceptors (Lipinski definition) is 2. The van der Waals surface area contributed by atoms with Gasteiger partial charge in [0.2, 0.25) is 0 Å². The lowest BCUT2D eigenvalue weighted by atomic mass is 10.1. The fourth-order valence-corrected chi connectivity index (χ4v) is 3.49. The van der Waals surface area contributed by atoms with Crippen LogP contribution in [0.4, 0.5) is 10.5 Å². The summed E-state index contributed by atoms with van der Waals surface area (Å²) in [7, 11) is 0. The number of nitrogens with one attached hydrogen (secondary N) is 1. The van der Waals surface area contributed by atoms with E-state index < -0.39 is 6.09 Å². The molecule has 0 fully saturated rings. The lowest BCUT2D eigenvalue weighted by molar-refractivity contribution is 0.0750. The molecule has 1 aromatic heterocycles. The summed E-state index contributed by atoms with van der Waals surface area (Å²) in [5.74, 6) is 0. The molecule has 2 heterocycles. The molecule has 4 nitrogen and oxygen atoms in total. The van der Waals surface area contributed by atoms with Crippen molar-refractivity contribution in [2.45, 2.75) is 32.9 Å². The lowest BCUT2D eigenvalue weighted by Crippen LogP contribution is -2.19. The molecule has 1 unspecified atom stereocenters. The maximum Gasteiger partial charge on any atom is 0.413 e. The third-order valence-corrected chi connectivity index (χ3v) is 4.62. The topological polar surface area (TPSA) is 43.3 Å². The highest BCUT2D eigenvalue weighted by Gasteiger charge is 2.27. The van der Waals surface area contributed by atoms with E-state index in [0.717, 1.165) is 29.6 Å². The zero-order chi connectivity index (χ0) is 16.7. The summed E-state index contributed by atoms with van der Waals surface area (Å²) < 4.78 is 7.84. The van der Waals surface area contributed by atoms with Crippen LogP contribution in [0, 0.1) is 13.8 Å². The Labute approximate surface area is 141 Å². The Hall–Kier alpha value is -2.75. The molecule has 1 N–H and O–H groups in total. The number of amides is 1. The second kappa shape index (κ2) is 5.71. The number of para-hydroxylation sites is 1. The zero-order valence-electron chi connectivity index (χ0n) is 13.9.